The molecule has 21 heavy (non-hydrogen) atoms. The summed E-state index contributed by atoms with van der Waals surface area (Å²) in [7, 11) is -3.64. The van der Waals surface area contributed by atoms with Gasteiger partial charge in [-0.3, -0.25) is 5.10 Å². The molecule has 0 amide bonds. The average Bonchev–Trinajstić information content (AvgIpc) is 3.18. The molecule has 0 aromatic carbocycles. The molecule has 2 saturated heterocycles. The van der Waals surface area contributed by atoms with Crippen molar-refractivity contribution in [3.8, 4) is 0 Å². The fourth-order valence-electron chi connectivity index (χ4n) is 2.80. The molecule has 2 atom stereocenters. The Balaban J connectivity index is 1.88. The predicted molar refractivity (Wildman–Crippen MR) is 81.6 cm³/mol. The Morgan fingerprint density at radius 3 is 2.95 bits per heavy atom. The monoisotopic (exact) mass is 332 g/mol. The number of aromatic amines is 1. The van der Waals surface area contributed by atoms with Crippen LogP contribution in [0.5, 0.6) is 0 Å². The molecule has 0 spiro atoms. The van der Waals surface area contributed by atoms with E-state index in [-0.39, 0.29) is 22.9 Å². The molecular weight excluding hydrogens is 312 g/mol. The number of sulfonamides is 1. The van der Waals surface area contributed by atoms with Gasteiger partial charge in [0.2, 0.25) is 10.0 Å². The van der Waals surface area contributed by atoms with Crippen molar-refractivity contribution in [2.24, 2.45) is 0 Å². The van der Waals surface area contributed by atoms with Crippen LogP contribution in [-0.4, -0.2) is 59.7 Å². The summed E-state index contributed by atoms with van der Waals surface area (Å²) in [5, 5.41) is 6.24. The number of hydrogen-bond donors (Lipinski definition) is 2. The molecule has 0 radical (unpaired) electrons. The Morgan fingerprint density at radius 2 is 2.38 bits per heavy atom. The Labute approximate surface area is 128 Å². The first-order chi connectivity index (χ1) is 10.1. The molecular formula is C12H20N4O3S2. The van der Waals surface area contributed by atoms with E-state index in [2.05, 4.69) is 10.2 Å². The molecule has 118 valence electrons. The van der Waals surface area contributed by atoms with Gasteiger partial charge in [0.25, 0.3) is 0 Å². The van der Waals surface area contributed by atoms with E-state index in [0.717, 1.165) is 30.8 Å². The number of anilines is 1. The van der Waals surface area contributed by atoms with Crippen LogP contribution in [0, 0.1) is 0 Å². The average molecular weight is 332 g/mol. The van der Waals surface area contributed by atoms with Gasteiger partial charge in [-0.2, -0.15) is 21.2 Å². The number of thioether (sulfide) groups is 1. The van der Waals surface area contributed by atoms with Gasteiger partial charge in [0.15, 0.2) is 0 Å². The molecule has 2 aliphatic rings. The van der Waals surface area contributed by atoms with Crippen LogP contribution < -0.4 is 5.73 Å². The Kier molecular flexibility index (Phi) is 4.43. The third-order valence-corrected chi connectivity index (χ3v) is 7.03. The highest BCUT2D eigenvalue weighted by molar-refractivity contribution is 7.99. The second-order valence-electron chi connectivity index (χ2n) is 5.38. The minimum absolute atomic E-state index is 0.0125. The van der Waals surface area contributed by atoms with E-state index in [0.29, 0.717) is 13.2 Å². The molecule has 3 rings (SSSR count). The number of rotatable bonds is 5. The van der Waals surface area contributed by atoms with E-state index >= 15 is 0 Å². The third-order valence-electron chi connectivity index (χ3n) is 3.94. The van der Waals surface area contributed by atoms with E-state index in [1.54, 1.807) is 16.1 Å². The van der Waals surface area contributed by atoms with Crippen LogP contribution in [0.3, 0.4) is 0 Å². The molecule has 0 aliphatic carbocycles. The highest BCUT2D eigenvalue weighted by Crippen LogP contribution is 2.30. The number of nitrogens with one attached hydrogen (secondary N) is 1. The summed E-state index contributed by atoms with van der Waals surface area (Å²) in [5.41, 5.74) is 5.71. The number of nitrogen functional groups attached to an aromatic ring is 1. The highest BCUT2D eigenvalue weighted by atomic mass is 32.2. The van der Waals surface area contributed by atoms with Gasteiger partial charge < -0.3 is 10.5 Å². The summed E-state index contributed by atoms with van der Waals surface area (Å²) < 4.78 is 33.0. The van der Waals surface area contributed by atoms with E-state index in [1.165, 1.54) is 6.20 Å². The number of hydrogen-bond acceptors (Lipinski definition) is 6. The van der Waals surface area contributed by atoms with Crippen LogP contribution in [0.15, 0.2) is 11.1 Å². The summed E-state index contributed by atoms with van der Waals surface area (Å²) >= 11 is 1.78. The summed E-state index contributed by atoms with van der Waals surface area (Å²) in [5.74, 6) is 1.91. The van der Waals surface area contributed by atoms with Gasteiger partial charge in [-0.25, -0.2) is 8.42 Å². The predicted octanol–water partition coefficient (Wildman–Crippen LogP) is 0.667. The summed E-state index contributed by atoms with van der Waals surface area (Å²) in [6.07, 6.45) is 4.04. The van der Waals surface area contributed by atoms with Gasteiger partial charge in [-0.1, -0.05) is 0 Å². The molecule has 2 unspecified atom stereocenters. The summed E-state index contributed by atoms with van der Waals surface area (Å²) in [6, 6.07) is 0.0125. The van der Waals surface area contributed by atoms with Crippen molar-refractivity contribution in [3.63, 3.8) is 0 Å². The van der Waals surface area contributed by atoms with Gasteiger partial charge in [-0.05, 0) is 25.0 Å². The Morgan fingerprint density at radius 1 is 1.52 bits per heavy atom. The first-order valence-electron chi connectivity index (χ1n) is 7.09. The van der Waals surface area contributed by atoms with Gasteiger partial charge in [0, 0.05) is 24.9 Å². The molecule has 3 N–H and O–H groups in total. The second kappa shape index (κ2) is 6.15. The largest absolute Gasteiger partial charge is 0.383 e. The number of nitrogens with two attached hydrogens (primary N) is 1. The smallest absolute Gasteiger partial charge is 0.248 e. The maximum absolute atomic E-state index is 12.9. The third kappa shape index (κ3) is 3.05. The standard InChI is InChI=1S/C12H20N4O3S2/c13-12-11(6-14-15-12)21(17,18)16(9-3-5-20-8-9)7-10-2-1-4-19-10/h6,9-10H,1-5,7-8H2,(H3,13,14,15). The summed E-state index contributed by atoms with van der Waals surface area (Å²) in [4.78, 5) is 0.0670. The fourth-order valence-corrected chi connectivity index (χ4v) is 5.81. The fraction of sp³-hybridized carbons (Fsp3) is 0.750. The van der Waals surface area contributed by atoms with Gasteiger partial charge in [0.05, 0.1) is 12.3 Å². The Bertz CT molecular complexity index is 577. The summed E-state index contributed by atoms with van der Waals surface area (Å²) in [6.45, 7) is 1.12. The van der Waals surface area contributed by atoms with E-state index in [9.17, 15) is 8.42 Å². The van der Waals surface area contributed by atoms with Crippen molar-refractivity contribution in [1.29, 1.82) is 0 Å². The lowest BCUT2D eigenvalue weighted by Crippen LogP contribution is -2.44. The zero-order valence-corrected chi connectivity index (χ0v) is 13.3. The molecule has 1 aromatic rings. The lowest BCUT2D eigenvalue weighted by Gasteiger charge is -2.29. The molecule has 2 aliphatic heterocycles. The molecule has 0 saturated carbocycles. The van der Waals surface area contributed by atoms with Crippen molar-refractivity contribution < 1.29 is 13.2 Å². The molecule has 2 fully saturated rings. The normalized spacial score (nSPS) is 26.7. The Hall–Kier alpha value is -0.770. The topological polar surface area (TPSA) is 101 Å². The van der Waals surface area contributed by atoms with Crippen LogP contribution in [-0.2, 0) is 14.8 Å². The number of H-pyrrole nitrogens is 1. The van der Waals surface area contributed by atoms with Gasteiger partial charge in [-0.15, -0.1) is 0 Å². The van der Waals surface area contributed by atoms with Gasteiger partial charge in [0.1, 0.15) is 10.7 Å². The van der Waals surface area contributed by atoms with Crippen LogP contribution >= 0.6 is 11.8 Å². The first-order valence-corrected chi connectivity index (χ1v) is 9.68. The van der Waals surface area contributed by atoms with Crippen LogP contribution in [0.1, 0.15) is 19.3 Å². The number of aromatic nitrogens is 2. The lowest BCUT2D eigenvalue weighted by molar-refractivity contribution is 0.0877. The maximum atomic E-state index is 12.9. The zero-order chi connectivity index (χ0) is 14.9. The van der Waals surface area contributed by atoms with Crippen molar-refractivity contribution in [2.75, 3.05) is 30.4 Å². The molecule has 7 nitrogen and oxygen atoms in total. The first kappa shape index (κ1) is 15.1. The van der Waals surface area contributed by atoms with E-state index in [4.69, 9.17) is 10.5 Å². The van der Waals surface area contributed by atoms with Crippen LogP contribution in [0.25, 0.3) is 0 Å². The highest BCUT2D eigenvalue weighted by Gasteiger charge is 2.37. The number of ether oxygens (including phenoxy) is 1. The molecule has 1 aromatic heterocycles. The number of nitrogens with zero attached hydrogens (tertiary/aromatic N) is 2. The maximum Gasteiger partial charge on any atom is 0.248 e. The van der Waals surface area contributed by atoms with Crippen LogP contribution in [0.4, 0.5) is 5.82 Å². The van der Waals surface area contributed by atoms with Crippen molar-refractivity contribution in [1.82, 2.24) is 14.5 Å². The quantitative estimate of drug-likeness (QED) is 0.822. The molecule has 0 bridgehead atoms. The van der Waals surface area contributed by atoms with E-state index < -0.39 is 10.0 Å². The molecule has 3 heterocycles. The minimum atomic E-state index is -3.64. The second-order valence-corrected chi connectivity index (χ2v) is 8.38. The van der Waals surface area contributed by atoms with E-state index in [1.807, 2.05) is 0 Å². The van der Waals surface area contributed by atoms with Crippen LogP contribution in [0.2, 0.25) is 0 Å². The minimum Gasteiger partial charge on any atom is -0.383 e. The van der Waals surface area contributed by atoms with Crippen molar-refractivity contribution >= 4 is 27.6 Å². The SMILES string of the molecule is Nc1[nH]ncc1S(=O)(=O)N(CC1CCCO1)C1CCSC1. The van der Waals surface area contributed by atoms with Crippen molar-refractivity contribution in [2.45, 2.75) is 36.3 Å². The zero-order valence-electron chi connectivity index (χ0n) is 11.7. The lowest BCUT2D eigenvalue weighted by atomic mass is 10.2. The van der Waals surface area contributed by atoms with Crippen molar-refractivity contribution in [3.05, 3.63) is 6.20 Å². The van der Waals surface area contributed by atoms with Gasteiger partial charge >= 0.3 is 0 Å². The molecule has 9 heteroatoms.